The van der Waals surface area contributed by atoms with E-state index in [1.54, 1.807) is 5.48 Å². The van der Waals surface area contributed by atoms with Gasteiger partial charge in [0.2, 0.25) is 5.91 Å². The van der Waals surface area contributed by atoms with Crippen LogP contribution in [0.5, 0.6) is 0 Å². The van der Waals surface area contributed by atoms with Gasteiger partial charge in [-0.05, 0) is 91.8 Å². The molecule has 0 spiro atoms. The zero-order chi connectivity index (χ0) is 19.3. The van der Waals surface area contributed by atoms with E-state index >= 15 is 0 Å². The molecule has 1 amide bonds. The fourth-order valence-electron chi connectivity index (χ4n) is 4.73. The Labute approximate surface area is 167 Å². The summed E-state index contributed by atoms with van der Waals surface area (Å²) in [5.41, 5.74) is 8.71. The van der Waals surface area contributed by atoms with Crippen molar-refractivity contribution in [1.82, 2.24) is 10.8 Å². The summed E-state index contributed by atoms with van der Waals surface area (Å²) in [6.45, 7) is 2.26. The fraction of sp³-hybridized carbons (Fsp3) is 0.458. The highest BCUT2D eigenvalue weighted by Gasteiger charge is 2.24. The lowest BCUT2D eigenvalue weighted by Crippen LogP contribution is -2.31. The van der Waals surface area contributed by atoms with Crippen molar-refractivity contribution >= 4 is 5.91 Å². The van der Waals surface area contributed by atoms with Crippen LogP contribution in [0, 0.1) is 5.92 Å². The van der Waals surface area contributed by atoms with E-state index < -0.39 is 0 Å². The van der Waals surface area contributed by atoms with E-state index in [9.17, 15) is 4.79 Å². The van der Waals surface area contributed by atoms with Crippen molar-refractivity contribution in [2.75, 3.05) is 13.1 Å². The lowest BCUT2D eigenvalue weighted by Gasteiger charge is -2.24. The van der Waals surface area contributed by atoms with Gasteiger partial charge in [0.25, 0.3) is 0 Å². The van der Waals surface area contributed by atoms with E-state index in [-0.39, 0.29) is 11.8 Å². The molecule has 148 valence electrons. The van der Waals surface area contributed by atoms with Crippen molar-refractivity contribution in [3.8, 4) is 0 Å². The van der Waals surface area contributed by atoms with Gasteiger partial charge < -0.3 is 5.32 Å². The van der Waals surface area contributed by atoms with Crippen LogP contribution < -0.4 is 10.8 Å². The molecule has 0 saturated carbocycles. The van der Waals surface area contributed by atoms with E-state index in [0.29, 0.717) is 5.92 Å². The molecule has 4 nitrogen and oxygen atoms in total. The van der Waals surface area contributed by atoms with E-state index in [4.69, 9.17) is 5.21 Å². The molecular weight excluding hydrogens is 348 g/mol. The Balaban J connectivity index is 1.39. The zero-order valence-electron chi connectivity index (χ0n) is 16.4. The molecule has 4 heteroatoms. The molecule has 0 bridgehead atoms. The maximum atomic E-state index is 11.7. The van der Waals surface area contributed by atoms with Crippen LogP contribution in [0.15, 0.2) is 42.5 Å². The lowest BCUT2D eigenvalue weighted by molar-refractivity contribution is -0.133. The predicted molar refractivity (Wildman–Crippen MR) is 111 cm³/mol. The van der Waals surface area contributed by atoms with Gasteiger partial charge in [-0.3, -0.25) is 10.0 Å². The maximum Gasteiger partial charge on any atom is 0.246 e. The number of amides is 1. The highest BCUT2D eigenvalue weighted by molar-refractivity contribution is 5.78. The molecule has 3 N–H and O–H groups in total. The molecule has 0 radical (unpaired) electrons. The fourth-order valence-corrected chi connectivity index (χ4v) is 4.73. The second kappa shape index (κ2) is 8.89. The first-order chi connectivity index (χ1) is 13.7. The molecule has 4 rings (SSSR count). The van der Waals surface area contributed by atoms with E-state index in [0.717, 1.165) is 45.2 Å². The first kappa shape index (κ1) is 19.2. The summed E-state index contributed by atoms with van der Waals surface area (Å²) in [5, 5.41) is 12.3. The molecule has 1 aliphatic heterocycles. The Bertz CT molecular complexity index is 827. The third-order valence-electron chi connectivity index (χ3n) is 6.44. The molecular formula is C24H30N2O2. The van der Waals surface area contributed by atoms with Crippen molar-refractivity contribution in [3.63, 3.8) is 0 Å². The highest BCUT2D eigenvalue weighted by Crippen LogP contribution is 2.28. The molecule has 1 unspecified atom stereocenters. The second-order valence-corrected chi connectivity index (χ2v) is 8.29. The number of aryl methyl sites for hydroxylation is 3. The average molecular weight is 379 g/mol. The monoisotopic (exact) mass is 378 g/mol. The Morgan fingerprint density at radius 1 is 1.00 bits per heavy atom. The molecule has 0 aromatic heterocycles. The number of fused-ring (bicyclic) bond motifs is 1. The van der Waals surface area contributed by atoms with E-state index in [1.165, 1.54) is 40.7 Å². The molecule has 1 fully saturated rings. The SMILES string of the molecule is O=C(NO)C1CCc2cc(CCc3cccc(C4CCNCC4)c3)ccc2C1. The minimum Gasteiger partial charge on any atom is -0.317 e. The Morgan fingerprint density at radius 2 is 1.79 bits per heavy atom. The molecule has 2 aromatic rings. The van der Waals surface area contributed by atoms with Crippen molar-refractivity contribution < 1.29 is 10.0 Å². The van der Waals surface area contributed by atoms with Gasteiger partial charge in [-0.25, -0.2) is 5.48 Å². The minimum atomic E-state index is -0.261. The van der Waals surface area contributed by atoms with Gasteiger partial charge in [0.05, 0.1) is 0 Å². The topological polar surface area (TPSA) is 61.4 Å². The van der Waals surface area contributed by atoms with Crippen LogP contribution in [0.3, 0.4) is 0 Å². The molecule has 1 atom stereocenters. The summed E-state index contributed by atoms with van der Waals surface area (Å²) in [4.78, 5) is 11.7. The molecule has 2 aromatic carbocycles. The van der Waals surface area contributed by atoms with Crippen LogP contribution in [-0.4, -0.2) is 24.2 Å². The van der Waals surface area contributed by atoms with Gasteiger partial charge in [-0.1, -0.05) is 42.5 Å². The number of nitrogens with one attached hydrogen (secondary N) is 2. The summed E-state index contributed by atoms with van der Waals surface area (Å²) in [6.07, 6.45) is 7.03. The molecule has 1 heterocycles. The Morgan fingerprint density at radius 3 is 2.57 bits per heavy atom. The van der Waals surface area contributed by atoms with Crippen molar-refractivity contribution in [2.45, 2.75) is 50.9 Å². The number of hydrogen-bond donors (Lipinski definition) is 3. The van der Waals surface area contributed by atoms with E-state index in [2.05, 4.69) is 47.8 Å². The quantitative estimate of drug-likeness (QED) is 0.551. The molecule has 2 aliphatic rings. The van der Waals surface area contributed by atoms with Crippen molar-refractivity contribution in [2.24, 2.45) is 5.92 Å². The molecule has 1 saturated heterocycles. The van der Waals surface area contributed by atoms with E-state index in [1.807, 2.05) is 0 Å². The number of piperidine rings is 1. The largest absolute Gasteiger partial charge is 0.317 e. The molecule has 1 aliphatic carbocycles. The number of carbonyl (C=O) groups is 1. The summed E-state index contributed by atoms with van der Waals surface area (Å²) in [6, 6.07) is 15.9. The summed E-state index contributed by atoms with van der Waals surface area (Å²) in [5.74, 6) is 0.332. The highest BCUT2D eigenvalue weighted by atomic mass is 16.5. The van der Waals surface area contributed by atoms with Crippen LogP contribution >= 0.6 is 0 Å². The van der Waals surface area contributed by atoms with Gasteiger partial charge in [0.15, 0.2) is 0 Å². The number of benzene rings is 2. The third-order valence-corrected chi connectivity index (χ3v) is 6.44. The maximum absolute atomic E-state index is 11.7. The Hall–Kier alpha value is -2.17. The average Bonchev–Trinajstić information content (AvgIpc) is 2.77. The van der Waals surface area contributed by atoms with Crippen LogP contribution in [0.4, 0.5) is 0 Å². The number of hydrogen-bond acceptors (Lipinski definition) is 3. The first-order valence-corrected chi connectivity index (χ1v) is 10.6. The normalized spacial score (nSPS) is 19.8. The second-order valence-electron chi connectivity index (χ2n) is 8.29. The minimum absolute atomic E-state index is 0.110. The van der Waals surface area contributed by atoms with Crippen LogP contribution in [0.2, 0.25) is 0 Å². The summed E-state index contributed by atoms with van der Waals surface area (Å²) >= 11 is 0. The Kier molecular flexibility index (Phi) is 6.08. The standard InChI is InChI=1S/C24H30N2O2/c27-24(26-28)23-9-8-21-15-18(6-7-22(21)16-23)5-4-17-2-1-3-20(14-17)19-10-12-25-13-11-19/h1-3,6-7,14-15,19,23,25,28H,4-5,8-13,16H2,(H,26,27). The number of hydroxylamine groups is 1. The predicted octanol–water partition coefficient (Wildman–Crippen LogP) is 3.55. The van der Waals surface area contributed by atoms with Gasteiger partial charge in [0.1, 0.15) is 0 Å². The van der Waals surface area contributed by atoms with Crippen LogP contribution in [0.1, 0.15) is 53.0 Å². The van der Waals surface area contributed by atoms with Gasteiger partial charge in [-0.15, -0.1) is 0 Å². The lowest BCUT2D eigenvalue weighted by atomic mass is 9.82. The number of rotatable bonds is 5. The number of carbonyl (C=O) groups excluding carboxylic acids is 1. The third kappa shape index (κ3) is 4.45. The van der Waals surface area contributed by atoms with Crippen LogP contribution in [-0.2, 0) is 30.5 Å². The van der Waals surface area contributed by atoms with Crippen LogP contribution in [0.25, 0.3) is 0 Å². The zero-order valence-corrected chi connectivity index (χ0v) is 16.4. The van der Waals surface area contributed by atoms with Crippen molar-refractivity contribution in [1.29, 1.82) is 0 Å². The van der Waals surface area contributed by atoms with Crippen molar-refractivity contribution in [3.05, 3.63) is 70.3 Å². The smallest absolute Gasteiger partial charge is 0.246 e. The van der Waals surface area contributed by atoms with Gasteiger partial charge in [0, 0.05) is 5.92 Å². The summed E-state index contributed by atoms with van der Waals surface area (Å²) in [7, 11) is 0. The van der Waals surface area contributed by atoms with Gasteiger partial charge >= 0.3 is 0 Å². The van der Waals surface area contributed by atoms with Gasteiger partial charge in [-0.2, -0.15) is 0 Å². The first-order valence-electron chi connectivity index (χ1n) is 10.6. The summed E-state index contributed by atoms with van der Waals surface area (Å²) < 4.78 is 0. The molecule has 28 heavy (non-hydrogen) atoms.